The molecule has 29 heavy (non-hydrogen) atoms. The minimum absolute atomic E-state index is 0.0839. The van der Waals surface area contributed by atoms with Gasteiger partial charge in [0.25, 0.3) is 5.91 Å². The Hall–Kier alpha value is -2.79. The van der Waals surface area contributed by atoms with Crippen LogP contribution in [0.1, 0.15) is 18.9 Å². The molecule has 0 bridgehead atoms. The minimum Gasteiger partial charge on any atom is -0.480 e. The van der Waals surface area contributed by atoms with Crippen LogP contribution in [0.2, 0.25) is 0 Å². The van der Waals surface area contributed by atoms with E-state index in [1.54, 1.807) is 6.92 Å². The number of esters is 1. The Balaban J connectivity index is 1.83. The second-order valence-electron chi connectivity index (χ2n) is 6.05. The first-order valence-electron chi connectivity index (χ1n) is 8.55. The van der Waals surface area contributed by atoms with Crippen molar-refractivity contribution in [3.8, 4) is 0 Å². The molecule has 1 aromatic rings. The number of thiocarbonyl (C=S) groups is 1. The maximum Gasteiger partial charge on any atom is 0.328 e. The Morgan fingerprint density at radius 3 is 2.72 bits per heavy atom. The van der Waals surface area contributed by atoms with Crippen molar-refractivity contribution < 1.29 is 28.6 Å². The highest BCUT2D eigenvalue weighted by molar-refractivity contribution is 8.26. The van der Waals surface area contributed by atoms with E-state index in [1.807, 2.05) is 0 Å². The van der Waals surface area contributed by atoms with Gasteiger partial charge >= 0.3 is 11.9 Å². The van der Waals surface area contributed by atoms with Crippen LogP contribution in [0.3, 0.4) is 0 Å². The lowest BCUT2D eigenvalue weighted by molar-refractivity contribution is -0.145. The summed E-state index contributed by atoms with van der Waals surface area (Å²) >= 11 is 6.09. The number of aliphatic carboxylic acids is 1. The van der Waals surface area contributed by atoms with Gasteiger partial charge in [-0.15, -0.1) is 0 Å². The number of rotatable bonds is 6. The predicted octanol–water partition coefficient (Wildman–Crippen LogP) is 1.95. The third-order valence-corrected chi connectivity index (χ3v) is 5.49. The van der Waals surface area contributed by atoms with E-state index in [0.29, 0.717) is 11.3 Å². The number of carbonyl (C=O) groups excluding carboxylic acids is 2. The predicted molar refractivity (Wildman–Crippen MR) is 107 cm³/mol. The summed E-state index contributed by atoms with van der Waals surface area (Å²) in [6.45, 7) is 1.51. The minimum atomic E-state index is -1.12. The van der Waals surface area contributed by atoms with Gasteiger partial charge in [-0.2, -0.15) is 5.10 Å². The highest BCUT2D eigenvalue weighted by Gasteiger charge is 2.37. The number of carbonyl (C=O) groups is 3. The van der Waals surface area contributed by atoms with Crippen LogP contribution in [0.15, 0.2) is 40.5 Å². The summed E-state index contributed by atoms with van der Waals surface area (Å²) in [6.07, 6.45) is 1.39. The van der Waals surface area contributed by atoms with E-state index in [0.717, 1.165) is 16.7 Å². The summed E-state index contributed by atoms with van der Waals surface area (Å²) in [6, 6.07) is 4.52. The maximum atomic E-state index is 13.1. The Morgan fingerprint density at radius 2 is 2.10 bits per heavy atom. The van der Waals surface area contributed by atoms with Crippen LogP contribution in [-0.4, -0.2) is 62.1 Å². The van der Waals surface area contributed by atoms with Crippen LogP contribution in [0, 0.1) is 5.82 Å². The lowest BCUT2D eigenvalue weighted by Gasteiger charge is -2.16. The number of hydrazone groups is 1. The van der Waals surface area contributed by atoms with Crippen molar-refractivity contribution in [1.29, 1.82) is 0 Å². The van der Waals surface area contributed by atoms with Crippen LogP contribution >= 0.6 is 24.0 Å². The van der Waals surface area contributed by atoms with Crippen LogP contribution in [0.25, 0.3) is 0 Å². The third kappa shape index (κ3) is 4.62. The SMILES string of the molecule is CCOC(=O)CN1C(=O)/C(=C/N2N=C(c3ccc(F)cc3)C[C@H]2C(=O)O)SC1=S. The standard InChI is InChI=1S/C18H16FN3O5S2/c1-2-27-15(23)9-21-16(24)14(29-18(21)28)8-22-13(17(25)26)7-12(20-22)10-3-5-11(19)6-4-10/h3-6,8,13H,2,7,9H2,1H3,(H,25,26)/b14-8-/t13-/m0/s1. The van der Waals surface area contributed by atoms with Crippen molar-refractivity contribution in [2.75, 3.05) is 13.2 Å². The summed E-state index contributed by atoms with van der Waals surface area (Å²) in [4.78, 5) is 37.1. The highest BCUT2D eigenvalue weighted by Crippen LogP contribution is 2.33. The summed E-state index contributed by atoms with van der Waals surface area (Å²) < 4.78 is 18.1. The molecule has 1 fully saturated rings. The number of amides is 1. The van der Waals surface area contributed by atoms with Gasteiger partial charge in [0.1, 0.15) is 16.7 Å². The van der Waals surface area contributed by atoms with Gasteiger partial charge < -0.3 is 9.84 Å². The normalized spacial score (nSPS) is 20.4. The second kappa shape index (κ2) is 8.70. The molecule has 1 saturated heterocycles. The molecule has 2 heterocycles. The van der Waals surface area contributed by atoms with Gasteiger partial charge in [-0.3, -0.25) is 19.5 Å². The molecular formula is C18H16FN3O5S2. The lowest BCUT2D eigenvalue weighted by Crippen LogP contribution is -2.35. The van der Waals surface area contributed by atoms with Crippen molar-refractivity contribution in [2.45, 2.75) is 19.4 Å². The van der Waals surface area contributed by atoms with E-state index >= 15 is 0 Å². The van der Waals surface area contributed by atoms with Crippen LogP contribution in [-0.2, 0) is 19.1 Å². The molecule has 1 N–H and O–H groups in total. The Morgan fingerprint density at radius 1 is 1.41 bits per heavy atom. The average molecular weight is 437 g/mol. The summed E-state index contributed by atoms with van der Waals surface area (Å²) in [5.74, 6) is -2.65. The largest absolute Gasteiger partial charge is 0.480 e. The number of halogens is 1. The number of benzene rings is 1. The van der Waals surface area contributed by atoms with Crippen molar-refractivity contribution in [2.24, 2.45) is 5.10 Å². The summed E-state index contributed by atoms with van der Waals surface area (Å²) in [5.41, 5.74) is 1.04. The van der Waals surface area contributed by atoms with E-state index in [9.17, 15) is 23.9 Å². The first-order chi connectivity index (χ1) is 13.8. The van der Waals surface area contributed by atoms with Crippen molar-refractivity contribution in [3.63, 3.8) is 0 Å². The molecule has 2 aliphatic heterocycles. The van der Waals surface area contributed by atoms with Crippen LogP contribution in [0.4, 0.5) is 4.39 Å². The number of hydrogen-bond donors (Lipinski definition) is 1. The van der Waals surface area contributed by atoms with E-state index in [4.69, 9.17) is 17.0 Å². The van der Waals surface area contributed by atoms with Gasteiger partial charge in [0.05, 0.1) is 17.2 Å². The molecular weight excluding hydrogens is 421 g/mol. The van der Waals surface area contributed by atoms with Crippen molar-refractivity contribution in [3.05, 3.63) is 46.8 Å². The highest BCUT2D eigenvalue weighted by atomic mass is 32.2. The molecule has 2 aliphatic rings. The van der Waals surface area contributed by atoms with E-state index < -0.39 is 29.7 Å². The number of thioether (sulfide) groups is 1. The molecule has 0 aromatic heterocycles. The zero-order valence-electron chi connectivity index (χ0n) is 15.2. The molecule has 0 unspecified atom stereocenters. The van der Waals surface area contributed by atoms with Crippen molar-refractivity contribution >= 4 is 51.9 Å². The fourth-order valence-corrected chi connectivity index (χ4v) is 3.97. The molecule has 11 heteroatoms. The van der Waals surface area contributed by atoms with E-state index in [1.165, 1.54) is 35.5 Å². The number of ether oxygens (including phenoxy) is 1. The van der Waals surface area contributed by atoms with E-state index in [2.05, 4.69) is 5.10 Å². The van der Waals surface area contributed by atoms with E-state index in [-0.39, 0.29) is 28.8 Å². The number of carboxylic acid groups (broad SMARTS) is 1. The molecule has 0 spiro atoms. The van der Waals surface area contributed by atoms with Gasteiger partial charge in [0.15, 0.2) is 6.04 Å². The molecule has 1 aromatic carbocycles. The lowest BCUT2D eigenvalue weighted by atomic mass is 10.0. The monoisotopic (exact) mass is 437 g/mol. The van der Waals surface area contributed by atoms with Gasteiger partial charge in [-0.25, -0.2) is 9.18 Å². The fourth-order valence-electron chi connectivity index (χ4n) is 2.75. The number of hydrogen-bond acceptors (Lipinski definition) is 8. The molecule has 3 rings (SSSR count). The average Bonchev–Trinajstić information content (AvgIpc) is 3.20. The van der Waals surface area contributed by atoms with Gasteiger partial charge in [0, 0.05) is 12.6 Å². The molecule has 1 atom stereocenters. The Labute approximate surface area is 175 Å². The molecule has 0 radical (unpaired) electrons. The van der Waals surface area contributed by atoms with Crippen LogP contribution < -0.4 is 0 Å². The molecule has 8 nitrogen and oxygen atoms in total. The first-order valence-corrected chi connectivity index (χ1v) is 9.78. The number of nitrogens with zero attached hydrogens (tertiary/aromatic N) is 3. The maximum absolute atomic E-state index is 13.1. The Kier molecular flexibility index (Phi) is 6.28. The molecule has 1 amide bonds. The fraction of sp³-hybridized carbons (Fsp3) is 0.278. The van der Waals surface area contributed by atoms with Gasteiger partial charge in [-0.05, 0) is 24.6 Å². The zero-order valence-corrected chi connectivity index (χ0v) is 16.8. The molecule has 0 aliphatic carbocycles. The number of carboxylic acids is 1. The summed E-state index contributed by atoms with van der Waals surface area (Å²) in [5, 5.41) is 15.0. The quantitative estimate of drug-likeness (QED) is 0.410. The van der Waals surface area contributed by atoms with Crippen molar-refractivity contribution in [1.82, 2.24) is 9.91 Å². The molecule has 152 valence electrons. The van der Waals surface area contributed by atoms with Gasteiger partial charge in [0.2, 0.25) is 0 Å². The third-order valence-electron chi connectivity index (χ3n) is 4.12. The van der Waals surface area contributed by atoms with Crippen LogP contribution in [0.5, 0.6) is 0 Å². The first kappa shape index (κ1) is 20.9. The smallest absolute Gasteiger partial charge is 0.328 e. The molecule has 0 saturated carbocycles. The topological polar surface area (TPSA) is 99.5 Å². The second-order valence-corrected chi connectivity index (χ2v) is 7.73. The zero-order chi connectivity index (χ0) is 21.1. The van der Waals surface area contributed by atoms with Gasteiger partial charge in [-0.1, -0.05) is 36.1 Å². The Bertz CT molecular complexity index is 932. The summed E-state index contributed by atoms with van der Waals surface area (Å²) in [7, 11) is 0.